The van der Waals surface area contributed by atoms with Crippen molar-refractivity contribution in [3.8, 4) is 0 Å². The lowest BCUT2D eigenvalue weighted by Gasteiger charge is -2.43. The molecule has 240 valence electrons. The third kappa shape index (κ3) is 13.1. The molecular formula is C28H29F6N3O7. The number of carbonyl (C=O) groups is 4. The van der Waals surface area contributed by atoms with E-state index in [-0.39, 0.29) is 5.78 Å². The number of nitrogens with zero attached hydrogens (tertiary/aromatic N) is 3. The summed E-state index contributed by atoms with van der Waals surface area (Å²) in [6.07, 6.45) is -2.84. The highest BCUT2D eigenvalue weighted by Crippen LogP contribution is 2.23. The van der Waals surface area contributed by atoms with Crippen LogP contribution in [0.15, 0.2) is 54.7 Å². The number of aliphatic carboxylic acids is 3. The van der Waals surface area contributed by atoms with Gasteiger partial charge < -0.3 is 20.2 Å². The molecular weight excluding hydrogens is 604 g/mol. The van der Waals surface area contributed by atoms with Crippen molar-refractivity contribution >= 4 is 41.5 Å². The first-order valence-electron chi connectivity index (χ1n) is 12.5. The van der Waals surface area contributed by atoms with E-state index in [0.717, 1.165) is 30.4 Å². The number of ketones is 1. The first-order chi connectivity index (χ1) is 20.2. The Balaban J connectivity index is 0.000000574. The van der Waals surface area contributed by atoms with Gasteiger partial charge in [0.2, 0.25) is 0 Å². The van der Waals surface area contributed by atoms with Crippen LogP contribution in [0, 0.1) is 0 Å². The number of carboxylic acid groups (broad SMARTS) is 3. The predicted octanol–water partition coefficient (Wildman–Crippen LogP) is 4.87. The number of hydrogen-bond donors (Lipinski definition) is 3. The predicted molar refractivity (Wildman–Crippen MR) is 147 cm³/mol. The van der Waals surface area contributed by atoms with Gasteiger partial charge in [-0.25, -0.2) is 14.4 Å². The summed E-state index contributed by atoms with van der Waals surface area (Å²) in [7, 11) is 2.15. The second-order valence-corrected chi connectivity index (χ2v) is 9.31. The van der Waals surface area contributed by atoms with E-state index in [1.807, 2.05) is 18.2 Å². The second-order valence-electron chi connectivity index (χ2n) is 9.31. The van der Waals surface area contributed by atoms with Crippen LogP contribution in [-0.4, -0.2) is 93.5 Å². The zero-order valence-corrected chi connectivity index (χ0v) is 23.5. The number of benzene rings is 1. The van der Waals surface area contributed by atoms with E-state index < -0.39 is 30.3 Å². The summed E-state index contributed by atoms with van der Waals surface area (Å²) in [5.41, 5.74) is 3.03. The summed E-state index contributed by atoms with van der Waals surface area (Å²) >= 11 is 0. The highest BCUT2D eigenvalue weighted by atomic mass is 19.4. The van der Waals surface area contributed by atoms with Gasteiger partial charge in [0.1, 0.15) is 0 Å². The number of pyridine rings is 1. The Bertz CT molecular complexity index is 1320. The van der Waals surface area contributed by atoms with Crippen molar-refractivity contribution in [3.63, 3.8) is 0 Å². The van der Waals surface area contributed by atoms with Gasteiger partial charge in [-0.2, -0.15) is 26.3 Å². The van der Waals surface area contributed by atoms with Gasteiger partial charge in [-0.05, 0) is 62.9 Å². The van der Waals surface area contributed by atoms with Crippen LogP contribution in [0.2, 0.25) is 0 Å². The number of allylic oxidation sites excluding steroid dienone is 1. The van der Waals surface area contributed by atoms with Crippen LogP contribution < -0.4 is 4.90 Å². The van der Waals surface area contributed by atoms with E-state index in [1.165, 1.54) is 12.2 Å². The molecule has 0 radical (unpaired) electrons. The lowest BCUT2D eigenvalue weighted by molar-refractivity contribution is -0.193. The van der Waals surface area contributed by atoms with E-state index in [9.17, 15) is 35.9 Å². The quantitative estimate of drug-likeness (QED) is 0.229. The number of anilines is 1. The molecule has 1 fully saturated rings. The SMILES string of the molecule is C[C@@H]1CN(c2cccc(C(=O)/C=C/c3ccc(/C=C/C(=O)O)nc3)c2)C[C@H](C)N1C.O=C(O)C(F)(F)F.O=C(O)C(F)(F)F. The van der Waals surface area contributed by atoms with Crippen molar-refractivity contribution in [2.75, 3.05) is 25.0 Å². The van der Waals surface area contributed by atoms with Gasteiger partial charge in [-0.15, -0.1) is 0 Å². The minimum Gasteiger partial charge on any atom is -0.478 e. The number of carboxylic acids is 3. The fourth-order valence-corrected chi connectivity index (χ4v) is 3.51. The molecule has 0 amide bonds. The number of likely N-dealkylation sites (N-methyl/N-ethyl adjacent to an activating group) is 1. The average molecular weight is 634 g/mol. The summed E-state index contributed by atoms with van der Waals surface area (Å²) < 4.78 is 63.5. The number of hydrogen-bond acceptors (Lipinski definition) is 7. The molecule has 2 atom stereocenters. The molecule has 2 aromatic rings. The van der Waals surface area contributed by atoms with Gasteiger partial charge in [0.15, 0.2) is 5.78 Å². The number of carbonyl (C=O) groups excluding carboxylic acids is 1. The van der Waals surface area contributed by atoms with E-state index in [1.54, 1.807) is 24.4 Å². The summed E-state index contributed by atoms with van der Waals surface area (Å²) in [5, 5.41) is 22.9. The Morgan fingerprint density at radius 3 is 1.80 bits per heavy atom. The molecule has 3 rings (SSSR count). The minimum absolute atomic E-state index is 0.0677. The molecule has 0 spiro atoms. The normalized spacial score (nSPS) is 17.3. The molecule has 0 aliphatic carbocycles. The van der Waals surface area contributed by atoms with Crippen molar-refractivity contribution in [3.05, 3.63) is 71.6 Å². The first-order valence-corrected chi connectivity index (χ1v) is 12.5. The van der Waals surface area contributed by atoms with Crippen LogP contribution in [0.5, 0.6) is 0 Å². The Labute approximate surface area is 247 Å². The van der Waals surface area contributed by atoms with E-state index >= 15 is 0 Å². The third-order valence-corrected chi connectivity index (χ3v) is 5.97. The molecule has 10 nitrogen and oxygen atoms in total. The van der Waals surface area contributed by atoms with E-state index in [2.05, 4.69) is 41.7 Å². The highest BCUT2D eigenvalue weighted by Gasteiger charge is 2.38. The molecule has 1 saturated heterocycles. The van der Waals surface area contributed by atoms with Crippen LogP contribution in [0.4, 0.5) is 32.0 Å². The number of piperazine rings is 1. The Kier molecular flexibility index (Phi) is 13.7. The smallest absolute Gasteiger partial charge is 0.478 e. The lowest BCUT2D eigenvalue weighted by Crippen LogP contribution is -2.55. The molecule has 16 heteroatoms. The molecule has 2 heterocycles. The van der Waals surface area contributed by atoms with Gasteiger partial charge in [-0.3, -0.25) is 14.7 Å². The average Bonchev–Trinajstić information content (AvgIpc) is 2.93. The standard InChI is InChI=1S/C24H27N3O3.2C2HF3O2/c1-17-15-27(16-18(2)26(17)3)22-6-4-5-20(13-22)23(28)11-8-19-7-9-21(25-14-19)10-12-24(29)30;2*3-2(4,5)1(6)7/h4-14,17-18H,15-16H2,1-3H3,(H,29,30);2*(H,6,7)/b11-8+,12-10+;;/t17-,18+;;. The highest BCUT2D eigenvalue weighted by molar-refractivity contribution is 6.07. The van der Waals surface area contributed by atoms with Crippen molar-refractivity contribution in [1.29, 1.82) is 0 Å². The fraction of sp³-hybridized carbons (Fsp3) is 0.321. The Hall–Kier alpha value is -4.73. The lowest BCUT2D eigenvalue weighted by atomic mass is 10.1. The van der Waals surface area contributed by atoms with Gasteiger partial charge in [0, 0.05) is 48.7 Å². The number of rotatable bonds is 6. The second kappa shape index (κ2) is 16.2. The number of halogens is 6. The fourth-order valence-electron chi connectivity index (χ4n) is 3.51. The third-order valence-electron chi connectivity index (χ3n) is 5.97. The van der Waals surface area contributed by atoms with Crippen molar-refractivity contribution < 1.29 is 60.8 Å². The number of aromatic nitrogens is 1. The maximum absolute atomic E-state index is 12.7. The van der Waals surface area contributed by atoms with E-state index in [4.69, 9.17) is 24.9 Å². The van der Waals surface area contributed by atoms with Crippen LogP contribution in [0.1, 0.15) is 35.5 Å². The van der Waals surface area contributed by atoms with Crippen LogP contribution >= 0.6 is 0 Å². The van der Waals surface area contributed by atoms with Gasteiger partial charge >= 0.3 is 30.3 Å². The first kappa shape index (κ1) is 37.3. The topological polar surface area (TPSA) is 148 Å². The van der Waals surface area contributed by atoms with Crippen LogP contribution in [-0.2, 0) is 14.4 Å². The summed E-state index contributed by atoms with van der Waals surface area (Å²) in [4.78, 5) is 49.9. The molecule has 3 N–H and O–H groups in total. The zero-order valence-electron chi connectivity index (χ0n) is 23.5. The van der Waals surface area contributed by atoms with Crippen molar-refractivity contribution in [2.45, 2.75) is 38.3 Å². The molecule has 1 aromatic carbocycles. The van der Waals surface area contributed by atoms with Gasteiger partial charge in [0.25, 0.3) is 0 Å². The molecule has 0 unspecified atom stereocenters. The van der Waals surface area contributed by atoms with Crippen molar-refractivity contribution in [1.82, 2.24) is 9.88 Å². The van der Waals surface area contributed by atoms with Crippen molar-refractivity contribution in [2.24, 2.45) is 0 Å². The Morgan fingerprint density at radius 1 is 0.841 bits per heavy atom. The zero-order chi connectivity index (χ0) is 33.8. The number of alkyl halides is 6. The molecule has 1 aromatic heterocycles. The summed E-state index contributed by atoms with van der Waals surface area (Å²) in [6, 6.07) is 12.2. The summed E-state index contributed by atoms with van der Waals surface area (Å²) in [6.45, 7) is 6.31. The van der Waals surface area contributed by atoms with E-state index in [0.29, 0.717) is 23.3 Å². The maximum atomic E-state index is 12.7. The van der Waals surface area contributed by atoms with Crippen LogP contribution in [0.25, 0.3) is 12.2 Å². The molecule has 1 aliphatic heterocycles. The molecule has 44 heavy (non-hydrogen) atoms. The van der Waals surface area contributed by atoms with Gasteiger partial charge in [-0.1, -0.05) is 18.2 Å². The van der Waals surface area contributed by atoms with Crippen LogP contribution in [0.3, 0.4) is 0 Å². The molecule has 0 saturated carbocycles. The van der Waals surface area contributed by atoms with Gasteiger partial charge in [0.05, 0.1) is 5.69 Å². The maximum Gasteiger partial charge on any atom is 0.490 e. The largest absolute Gasteiger partial charge is 0.490 e. The monoisotopic (exact) mass is 633 g/mol. The molecule has 0 bridgehead atoms. The summed E-state index contributed by atoms with van der Waals surface area (Å²) in [5.74, 6) is -6.60. The molecule has 1 aliphatic rings. The minimum atomic E-state index is -5.08. The Morgan fingerprint density at radius 2 is 1.36 bits per heavy atom.